The first-order valence-electron chi connectivity index (χ1n) is 6.90. The zero-order valence-corrected chi connectivity index (χ0v) is 15.2. The first-order chi connectivity index (χ1) is 11.2. The molecular formula is C17H13BrN2OS2. The Bertz CT molecular complexity index is 788. The molecule has 0 fully saturated rings. The molecule has 0 bridgehead atoms. The third kappa shape index (κ3) is 4.67. The van der Waals surface area contributed by atoms with Gasteiger partial charge in [0.15, 0.2) is 5.13 Å². The fourth-order valence-corrected chi connectivity index (χ4v) is 3.61. The average Bonchev–Trinajstić information content (AvgIpc) is 3.04. The Morgan fingerprint density at radius 3 is 2.61 bits per heavy atom. The maximum atomic E-state index is 12.0. The number of anilines is 1. The SMILES string of the molecule is O=C(CSc1ccc(Br)cc1)Nc1nc(-c2ccccc2)cs1. The maximum absolute atomic E-state index is 12.0. The van der Waals surface area contributed by atoms with E-state index in [1.807, 2.05) is 60.0 Å². The van der Waals surface area contributed by atoms with E-state index in [2.05, 4.69) is 26.2 Å². The van der Waals surface area contributed by atoms with Crippen molar-refractivity contribution in [2.75, 3.05) is 11.1 Å². The number of rotatable bonds is 5. The lowest BCUT2D eigenvalue weighted by atomic mass is 10.2. The number of thioether (sulfide) groups is 1. The van der Waals surface area contributed by atoms with Crippen LogP contribution in [-0.4, -0.2) is 16.6 Å². The molecule has 0 saturated carbocycles. The zero-order valence-electron chi connectivity index (χ0n) is 12.0. The summed E-state index contributed by atoms with van der Waals surface area (Å²) in [6.45, 7) is 0. The van der Waals surface area contributed by atoms with Crippen LogP contribution < -0.4 is 5.32 Å². The molecule has 0 saturated heterocycles. The molecule has 0 spiro atoms. The molecule has 1 N–H and O–H groups in total. The van der Waals surface area contributed by atoms with Crippen LogP contribution >= 0.6 is 39.0 Å². The van der Waals surface area contributed by atoms with Crippen molar-refractivity contribution >= 4 is 50.1 Å². The third-order valence-corrected chi connectivity index (χ3v) is 5.30. The van der Waals surface area contributed by atoms with Crippen LogP contribution in [0.4, 0.5) is 5.13 Å². The number of amides is 1. The molecule has 3 aromatic rings. The summed E-state index contributed by atoms with van der Waals surface area (Å²) in [5, 5.41) is 5.43. The molecule has 1 heterocycles. The van der Waals surface area contributed by atoms with Crippen LogP contribution in [0, 0.1) is 0 Å². The lowest BCUT2D eigenvalue weighted by Crippen LogP contribution is -2.13. The van der Waals surface area contributed by atoms with Gasteiger partial charge in [0.1, 0.15) is 0 Å². The second kappa shape index (κ2) is 7.77. The molecule has 6 heteroatoms. The van der Waals surface area contributed by atoms with Crippen LogP contribution in [0.2, 0.25) is 0 Å². The lowest BCUT2D eigenvalue weighted by Gasteiger charge is -2.02. The van der Waals surface area contributed by atoms with Gasteiger partial charge >= 0.3 is 0 Å². The van der Waals surface area contributed by atoms with Crippen LogP contribution in [0.15, 0.2) is 69.3 Å². The van der Waals surface area contributed by atoms with Crippen molar-refractivity contribution in [3.8, 4) is 11.3 Å². The molecule has 0 aliphatic carbocycles. The second-order valence-electron chi connectivity index (χ2n) is 4.69. The van der Waals surface area contributed by atoms with E-state index in [-0.39, 0.29) is 5.91 Å². The van der Waals surface area contributed by atoms with E-state index in [1.165, 1.54) is 23.1 Å². The Kier molecular flexibility index (Phi) is 5.48. The van der Waals surface area contributed by atoms with E-state index >= 15 is 0 Å². The van der Waals surface area contributed by atoms with E-state index in [0.29, 0.717) is 10.9 Å². The van der Waals surface area contributed by atoms with E-state index < -0.39 is 0 Å². The summed E-state index contributed by atoms with van der Waals surface area (Å²) in [6, 6.07) is 17.8. The number of hydrogen-bond donors (Lipinski definition) is 1. The first kappa shape index (κ1) is 16.2. The maximum Gasteiger partial charge on any atom is 0.236 e. The number of nitrogens with zero attached hydrogens (tertiary/aromatic N) is 1. The predicted octanol–water partition coefficient (Wildman–Crippen LogP) is 5.30. The van der Waals surface area contributed by atoms with Crippen molar-refractivity contribution in [2.24, 2.45) is 0 Å². The predicted molar refractivity (Wildman–Crippen MR) is 101 cm³/mol. The third-order valence-electron chi connectivity index (χ3n) is 3.00. The molecular weight excluding hydrogens is 392 g/mol. The number of halogens is 1. The van der Waals surface area contributed by atoms with Crippen molar-refractivity contribution in [3.05, 3.63) is 64.5 Å². The Morgan fingerprint density at radius 2 is 1.87 bits per heavy atom. The van der Waals surface area contributed by atoms with Gasteiger partial charge in [0.2, 0.25) is 5.91 Å². The van der Waals surface area contributed by atoms with Crippen LogP contribution in [0.3, 0.4) is 0 Å². The van der Waals surface area contributed by atoms with Crippen molar-refractivity contribution in [3.63, 3.8) is 0 Å². The summed E-state index contributed by atoms with van der Waals surface area (Å²) in [4.78, 5) is 17.5. The molecule has 3 nitrogen and oxygen atoms in total. The number of nitrogens with one attached hydrogen (secondary N) is 1. The number of benzene rings is 2. The minimum Gasteiger partial charge on any atom is -0.301 e. The normalized spacial score (nSPS) is 10.5. The van der Waals surface area contributed by atoms with Gasteiger partial charge < -0.3 is 5.32 Å². The Hall–Kier alpha value is -1.63. The van der Waals surface area contributed by atoms with Gasteiger partial charge in [-0.25, -0.2) is 4.98 Å². The monoisotopic (exact) mass is 404 g/mol. The molecule has 0 unspecified atom stereocenters. The average molecular weight is 405 g/mol. The summed E-state index contributed by atoms with van der Waals surface area (Å²) in [6.07, 6.45) is 0. The number of aromatic nitrogens is 1. The highest BCUT2D eigenvalue weighted by Crippen LogP contribution is 2.25. The van der Waals surface area contributed by atoms with Crippen LogP contribution in [-0.2, 0) is 4.79 Å². The van der Waals surface area contributed by atoms with E-state index in [4.69, 9.17) is 0 Å². The number of carbonyl (C=O) groups excluding carboxylic acids is 1. The molecule has 3 rings (SSSR count). The lowest BCUT2D eigenvalue weighted by molar-refractivity contribution is -0.113. The van der Waals surface area contributed by atoms with E-state index in [0.717, 1.165) is 20.6 Å². The number of carbonyl (C=O) groups is 1. The Balaban J connectivity index is 1.56. The molecule has 116 valence electrons. The van der Waals surface area contributed by atoms with Gasteiger partial charge in [-0.1, -0.05) is 46.3 Å². The fraction of sp³-hybridized carbons (Fsp3) is 0.0588. The topological polar surface area (TPSA) is 42.0 Å². The zero-order chi connectivity index (χ0) is 16.1. The summed E-state index contributed by atoms with van der Waals surface area (Å²) < 4.78 is 1.03. The summed E-state index contributed by atoms with van der Waals surface area (Å²) in [5.41, 5.74) is 1.93. The highest BCUT2D eigenvalue weighted by atomic mass is 79.9. The minimum atomic E-state index is -0.0492. The van der Waals surface area contributed by atoms with Gasteiger partial charge in [-0.2, -0.15) is 0 Å². The number of hydrogen-bond acceptors (Lipinski definition) is 4. The molecule has 1 aromatic heterocycles. The van der Waals surface area contributed by atoms with Gasteiger partial charge in [0.25, 0.3) is 0 Å². The smallest absolute Gasteiger partial charge is 0.236 e. The van der Waals surface area contributed by atoms with Gasteiger partial charge in [-0.3, -0.25) is 4.79 Å². The quantitative estimate of drug-likeness (QED) is 0.586. The van der Waals surface area contributed by atoms with E-state index in [9.17, 15) is 4.79 Å². The number of thiazole rings is 1. The summed E-state index contributed by atoms with van der Waals surface area (Å²) in [7, 11) is 0. The molecule has 2 aromatic carbocycles. The molecule has 0 atom stereocenters. The van der Waals surface area contributed by atoms with Gasteiger partial charge in [0.05, 0.1) is 11.4 Å². The molecule has 0 aliphatic rings. The van der Waals surface area contributed by atoms with E-state index in [1.54, 1.807) is 0 Å². The van der Waals surface area contributed by atoms with Crippen molar-refractivity contribution in [2.45, 2.75) is 4.90 Å². The Labute approximate surface area is 151 Å². The molecule has 1 amide bonds. The fourth-order valence-electron chi connectivity index (χ4n) is 1.91. The highest BCUT2D eigenvalue weighted by molar-refractivity contribution is 9.10. The first-order valence-corrected chi connectivity index (χ1v) is 9.56. The minimum absolute atomic E-state index is 0.0492. The Morgan fingerprint density at radius 1 is 1.13 bits per heavy atom. The molecule has 0 aliphatic heterocycles. The largest absolute Gasteiger partial charge is 0.301 e. The summed E-state index contributed by atoms with van der Waals surface area (Å²) >= 11 is 6.34. The molecule has 23 heavy (non-hydrogen) atoms. The van der Waals surface area contributed by atoms with Crippen LogP contribution in [0.25, 0.3) is 11.3 Å². The van der Waals surface area contributed by atoms with Gasteiger partial charge in [-0.05, 0) is 24.3 Å². The van der Waals surface area contributed by atoms with Gasteiger partial charge in [0, 0.05) is 20.3 Å². The second-order valence-corrected chi connectivity index (χ2v) is 7.52. The summed E-state index contributed by atoms with van der Waals surface area (Å²) in [5.74, 6) is 0.314. The van der Waals surface area contributed by atoms with Crippen molar-refractivity contribution in [1.82, 2.24) is 4.98 Å². The highest BCUT2D eigenvalue weighted by Gasteiger charge is 2.08. The van der Waals surface area contributed by atoms with Crippen molar-refractivity contribution in [1.29, 1.82) is 0 Å². The van der Waals surface area contributed by atoms with Crippen LogP contribution in [0.1, 0.15) is 0 Å². The van der Waals surface area contributed by atoms with Crippen LogP contribution in [0.5, 0.6) is 0 Å². The standard InChI is InChI=1S/C17H13BrN2OS2/c18-13-6-8-14(9-7-13)22-11-16(21)20-17-19-15(10-23-17)12-4-2-1-3-5-12/h1-10H,11H2,(H,19,20,21). The van der Waals surface area contributed by atoms with Gasteiger partial charge in [-0.15, -0.1) is 23.1 Å². The molecule has 0 radical (unpaired) electrons. The van der Waals surface area contributed by atoms with Crippen molar-refractivity contribution < 1.29 is 4.79 Å².